The molecule has 2 aromatic carbocycles. The number of aliphatic hydroxyl groups excluding tert-OH is 1. The van der Waals surface area contributed by atoms with E-state index < -0.39 is 28.7 Å². The standard InChI is InChI=1S/C37H44BrN3O4S/c1-3-20-39(23-25-14-8-5-9-15-25)34(43)30-31-35(44)41(29(24-42)26-16-10-6-11-17-26)33(37(31)22-28(38)32(30)46-37)36(45)40(21-4-2)27-18-12-7-13-19-27/h3-6,8-11,14-17,27-33,42H,1-2,7,12-13,18-24H2/t28?,29-,30-,31+,32-,33?,37?/m1/s1. The van der Waals surface area contributed by atoms with Gasteiger partial charge in [-0.05, 0) is 30.4 Å². The van der Waals surface area contributed by atoms with E-state index in [-0.39, 0.29) is 40.4 Å². The molecule has 3 unspecified atom stereocenters. The summed E-state index contributed by atoms with van der Waals surface area (Å²) in [4.78, 5) is 50.1. The molecule has 46 heavy (non-hydrogen) atoms. The monoisotopic (exact) mass is 705 g/mol. The summed E-state index contributed by atoms with van der Waals surface area (Å²) >= 11 is 5.57. The molecule has 0 aromatic heterocycles. The summed E-state index contributed by atoms with van der Waals surface area (Å²) in [6.45, 7) is 8.74. The number of aliphatic hydroxyl groups is 1. The number of carbonyl (C=O) groups is 3. The minimum Gasteiger partial charge on any atom is -0.394 e. The maximum atomic E-state index is 15.1. The Morgan fingerprint density at radius 3 is 2.28 bits per heavy atom. The van der Waals surface area contributed by atoms with E-state index in [1.165, 1.54) is 0 Å². The molecule has 1 aliphatic carbocycles. The van der Waals surface area contributed by atoms with Crippen LogP contribution in [0.15, 0.2) is 86.0 Å². The lowest BCUT2D eigenvalue weighted by Gasteiger charge is -2.43. The average molecular weight is 707 g/mol. The second-order valence-electron chi connectivity index (χ2n) is 13.1. The van der Waals surface area contributed by atoms with Gasteiger partial charge in [0.15, 0.2) is 0 Å². The fraction of sp³-hybridized carbons (Fsp3) is 0.486. The van der Waals surface area contributed by atoms with Gasteiger partial charge in [0, 0.05) is 35.8 Å². The van der Waals surface area contributed by atoms with E-state index in [1.807, 2.05) is 65.6 Å². The van der Waals surface area contributed by atoms with E-state index in [2.05, 4.69) is 29.1 Å². The summed E-state index contributed by atoms with van der Waals surface area (Å²) in [5, 5.41) is 10.7. The Balaban J connectivity index is 1.44. The Morgan fingerprint density at radius 2 is 1.65 bits per heavy atom. The normalized spacial score (nSPS) is 29.3. The Kier molecular flexibility index (Phi) is 10.1. The number of alkyl halides is 1. The van der Waals surface area contributed by atoms with E-state index >= 15 is 4.79 Å². The number of hydrogen-bond acceptors (Lipinski definition) is 5. The smallest absolute Gasteiger partial charge is 0.247 e. The Morgan fingerprint density at radius 1 is 1.00 bits per heavy atom. The molecule has 3 aliphatic heterocycles. The van der Waals surface area contributed by atoms with Gasteiger partial charge in [-0.3, -0.25) is 14.4 Å². The van der Waals surface area contributed by atoms with Crippen LogP contribution in [0.5, 0.6) is 0 Å². The number of likely N-dealkylation sites (tertiary alicyclic amines) is 1. The minimum absolute atomic E-state index is 0.0418. The summed E-state index contributed by atoms with van der Waals surface area (Å²) < 4.78 is -0.809. The lowest BCUT2D eigenvalue weighted by molar-refractivity contribution is -0.148. The van der Waals surface area contributed by atoms with Crippen molar-refractivity contribution in [3.8, 4) is 0 Å². The van der Waals surface area contributed by atoms with Crippen LogP contribution in [0.25, 0.3) is 0 Å². The number of halogens is 1. The predicted octanol–water partition coefficient (Wildman–Crippen LogP) is 5.75. The number of carbonyl (C=O) groups excluding carboxylic acids is 3. The molecule has 1 saturated carbocycles. The molecular weight excluding hydrogens is 662 g/mol. The Hall–Kier alpha value is -2.88. The first-order valence-corrected chi connectivity index (χ1v) is 18.3. The summed E-state index contributed by atoms with van der Waals surface area (Å²) in [5.74, 6) is -1.69. The van der Waals surface area contributed by atoms with Crippen LogP contribution < -0.4 is 0 Å². The second-order valence-corrected chi connectivity index (χ2v) is 15.8. The van der Waals surface area contributed by atoms with E-state index in [0.717, 1.165) is 43.2 Å². The molecule has 1 N–H and O–H groups in total. The lowest BCUT2D eigenvalue weighted by Crippen LogP contribution is -2.58. The van der Waals surface area contributed by atoms with Crippen molar-refractivity contribution in [1.82, 2.24) is 14.7 Å². The number of benzene rings is 2. The third kappa shape index (κ3) is 5.77. The van der Waals surface area contributed by atoms with Crippen molar-refractivity contribution in [1.29, 1.82) is 0 Å². The molecule has 6 rings (SSSR count). The van der Waals surface area contributed by atoms with Crippen LogP contribution in [-0.2, 0) is 20.9 Å². The highest BCUT2D eigenvalue weighted by Gasteiger charge is 2.76. The van der Waals surface area contributed by atoms with E-state index in [0.29, 0.717) is 26.1 Å². The Bertz CT molecular complexity index is 1440. The number of nitrogens with zero attached hydrogens (tertiary/aromatic N) is 3. The first-order valence-electron chi connectivity index (χ1n) is 16.5. The topological polar surface area (TPSA) is 81.2 Å². The van der Waals surface area contributed by atoms with Crippen molar-refractivity contribution < 1.29 is 19.5 Å². The summed E-state index contributed by atoms with van der Waals surface area (Å²) in [7, 11) is 0. The highest BCUT2D eigenvalue weighted by Crippen LogP contribution is 2.69. The highest BCUT2D eigenvalue weighted by atomic mass is 79.9. The molecule has 2 aromatic rings. The SMILES string of the molecule is C=CCN(Cc1ccccc1)C(=O)[C@H]1[C@@H]2SC3(CC2Br)C(C(=O)N(CC=C)C2CCCCC2)N([C@H](CO)c2ccccc2)C(=O)[C@H]13. The lowest BCUT2D eigenvalue weighted by atomic mass is 9.70. The van der Waals surface area contributed by atoms with E-state index in [9.17, 15) is 14.7 Å². The quantitative estimate of drug-likeness (QED) is 0.225. The van der Waals surface area contributed by atoms with Crippen LogP contribution in [0.4, 0.5) is 0 Å². The molecule has 3 saturated heterocycles. The zero-order valence-electron chi connectivity index (χ0n) is 26.3. The molecule has 9 heteroatoms. The van der Waals surface area contributed by atoms with Gasteiger partial charge < -0.3 is 19.8 Å². The van der Waals surface area contributed by atoms with Crippen molar-refractivity contribution in [2.24, 2.45) is 11.8 Å². The minimum atomic E-state index is -0.820. The molecule has 244 valence electrons. The number of rotatable bonds is 12. The van der Waals surface area contributed by atoms with Crippen molar-refractivity contribution in [3.05, 3.63) is 97.1 Å². The maximum absolute atomic E-state index is 15.1. The summed E-state index contributed by atoms with van der Waals surface area (Å²) in [6, 6.07) is 17.9. The van der Waals surface area contributed by atoms with Crippen molar-refractivity contribution >= 4 is 45.4 Å². The van der Waals surface area contributed by atoms with Gasteiger partial charge in [0.25, 0.3) is 0 Å². The first-order chi connectivity index (χ1) is 22.4. The van der Waals surface area contributed by atoms with Gasteiger partial charge in [-0.25, -0.2) is 0 Å². The number of thioether (sulfide) groups is 1. The molecule has 4 aliphatic rings. The van der Waals surface area contributed by atoms with Crippen LogP contribution in [0.1, 0.15) is 55.7 Å². The third-order valence-corrected chi connectivity index (χ3v) is 13.7. The van der Waals surface area contributed by atoms with E-state index in [4.69, 9.17) is 0 Å². The van der Waals surface area contributed by atoms with Crippen molar-refractivity contribution in [2.75, 3.05) is 19.7 Å². The molecular formula is C37H44BrN3O4S. The van der Waals surface area contributed by atoms with Gasteiger partial charge in [-0.15, -0.1) is 24.9 Å². The van der Waals surface area contributed by atoms with Gasteiger partial charge >= 0.3 is 0 Å². The van der Waals surface area contributed by atoms with Crippen LogP contribution in [-0.4, -0.2) is 84.1 Å². The number of amides is 3. The molecule has 3 heterocycles. The third-order valence-electron chi connectivity index (χ3n) is 10.4. The van der Waals surface area contributed by atoms with E-state index in [1.54, 1.807) is 33.7 Å². The van der Waals surface area contributed by atoms with Crippen LogP contribution in [0, 0.1) is 11.8 Å². The van der Waals surface area contributed by atoms with Crippen molar-refractivity contribution in [2.45, 2.75) is 78.0 Å². The maximum Gasteiger partial charge on any atom is 0.247 e. The van der Waals surface area contributed by atoms with Crippen LogP contribution in [0.2, 0.25) is 0 Å². The van der Waals surface area contributed by atoms with Crippen LogP contribution in [0.3, 0.4) is 0 Å². The fourth-order valence-electron chi connectivity index (χ4n) is 8.50. The summed E-state index contributed by atoms with van der Waals surface area (Å²) in [5.41, 5.74) is 1.78. The van der Waals surface area contributed by atoms with Gasteiger partial charge in [0.05, 0.1) is 29.2 Å². The Labute approximate surface area is 285 Å². The average Bonchev–Trinajstić information content (AvgIpc) is 3.68. The van der Waals surface area contributed by atoms with Gasteiger partial charge in [0.1, 0.15) is 6.04 Å². The first kappa shape index (κ1) is 33.0. The zero-order valence-corrected chi connectivity index (χ0v) is 28.7. The van der Waals surface area contributed by atoms with Gasteiger partial charge in [-0.1, -0.05) is 108 Å². The second kappa shape index (κ2) is 14.1. The molecule has 3 amide bonds. The molecule has 1 spiro atoms. The number of hydrogen-bond donors (Lipinski definition) is 1. The largest absolute Gasteiger partial charge is 0.394 e. The van der Waals surface area contributed by atoms with Gasteiger partial charge in [0.2, 0.25) is 17.7 Å². The highest BCUT2D eigenvalue weighted by molar-refractivity contribution is 9.09. The van der Waals surface area contributed by atoms with Crippen molar-refractivity contribution in [3.63, 3.8) is 0 Å². The predicted molar refractivity (Wildman–Crippen MR) is 186 cm³/mol. The number of fused-ring (bicyclic) bond motifs is 1. The summed E-state index contributed by atoms with van der Waals surface area (Å²) in [6.07, 6.45) is 9.23. The molecule has 2 bridgehead atoms. The molecule has 0 radical (unpaired) electrons. The molecule has 4 fully saturated rings. The fourth-order valence-corrected chi connectivity index (χ4v) is 12.1. The van der Waals surface area contributed by atoms with Gasteiger partial charge in [-0.2, -0.15) is 0 Å². The molecule has 7 atom stereocenters. The zero-order chi connectivity index (χ0) is 32.4. The van der Waals surface area contributed by atoms with Crippen LogP contribution >= 0.6 is 27.7 Å². The molecule has 7 nitrogen and oxygen atoms in total.